The summed E-state index contributed by atoms with van der Waals surface area (Å²) in [5, 5.41) is 11.4. The van der Waals surface area contributed by atoms with E-state index in [1.165, 1.54) is 7.11 Å². The van der Waals surface area contributed by atoms with Crippen LogP contribution in [0.15, 0.2) is 0 Å². The van der Waals surface area contributed by atoms with E-state index in [1.54, 1.807) is 4.90 Å². The Balaban J connectivity index is 2.63. The van der Waals surface area contributed by atoms with Gasteiger partial charge in [-0.3, -0.25) is 0 Å². The van der Waals surface area contributed by atoms with Crippen molar-refractivity contribution in [3.05, 3.63) is 0 Å². The van der Waals surface area contributed by atoms with E-state index < -0.39 is 23.6 Å². The van der Waals surface area contributed by atoms with Crippen molar-refractivity contribution in [2.45, 2.75) is 38.5 Å². The van der Waals surface area contributed by atoms with Crippen molar-refractivity contribution in [3.63, 3.8) is 0 Å². The first-order valence-electron chi connectivity index (χ1n) is 6.20. The average Bonchev–Trinajstić information content (AvgIpc) is 2.25. The molecule has 0 aliphatic carbocycles. The highest BCUT2D eigenvalue weighted by atomic mass is 16.5. The lowest BCUT2D eigenvalue weighted by Gasteiger charge is -2.41. The Morgan fingerprint density at radius 1 is 1.58 bits per heavy atom. The molecule has 110 valence electrons. The summed E-state index contributed by atoms with van der Waals surface area (Å²) in [6.07, 6.45) is -0.0831. The molecule has 0 saturated carbocycles. The number of nitrogens with one attached hydrogen (secondary N) is 1. The molecular weight excluding hydrogens is 252 g/mol. The predicted octanol–water partition coefficient (Wildman–Crippen LogP) is 0.295. The second-order valence-corrected chi connectivity index (χ2v) is 5.36. The van der Waals surface area contributed by atoms with Crippen molar-refractivity contribution >= 4 is 12.0 Å². The number of morpholine rings is 1. The molecule has 2 N–H and O–H groups in total. The number of nitrogens with zero attached hydrogens (tertiary/aromatic N) is 1. The first-order valence-corrected chi connectivity index (χ1v) is 6.20. The number of methoxy groups -OCH3 is 1. The average molecular weight is 274 g/mol. The summed E-state index contributed by atoms with van der Waals surface area (Å²) in [7, 11) is 1.39. The molecule has 7 nitrogen and oxygen atoms in total. The third kappa shape index (κ3) is 4.68. The topological polar surface area (TPSA) is 88.1 Å². The summed E-state index contributed by atoms with van der Waals surface area (Å²) in [5.41, 5.74) is -0.436. The van der Waals surface area contributed by atoms with Crippen LogP contribution in [0.4, 0.5) is 4.79 Å². The minimum absolute atomic E-state index is 0.0651. The molecule has 1 aliphatic rings. The maximum absolute atomic E-state index is 12.1. The summed E-state index contributed by atoms with van der Waals surface area (Å²) < 4.78 is 10.5. The molecule has 1 heterocycles. The predicted molar refractivity (Wildman–Crippen MR) is 68.0 cm³/mol. The van der Waals surface area contributed by atoms with Gasteiger partial charge in [-0.05, 0) is 20.8 Å². The summed E-state index contributed by atoms with van der Waals surface area (Å²) in [6.45, 7) is 6.46. The summed E-state index contributed by atoms with van der Waals surface area (Å²) in [6, 6.07) is -1.45. The molecule has 1 rings (SSSR count). The van der Waals surface area contributed by atoms with Crippen LogP contribution in [0.2, 0.25) is 0 Å². The van der Waals surface area contributed by atoms with E-state index in [1.807, 2.05) is 20.8 Å². The smallest absolute Gasteiger partial charge is 0.328 e. The van der Waals surface area contributed by atoms with Gasteiger partial charge in [-0.25, -0.2) is 9.59 Å². The lowest BCUT2D eigenvalue weighted by molar-refractivity contribution is -0.140. The van der Waals surface area contributed by atoms with Gasteiger partial charge in [0.05, 0.1) is 24.9 Å². The van der Waals surface area contributed by atoms with E-state index in [0.717, 1.165) is 0 Å². The quantitative estimate of drug-likeness (QED) is 0.769. The van der Waals surface area contributed by atoms with Crippen molar-refractivity contribution in [1.82, 2.24) is 10.2 Å². The second kappa shape index (κ2) is 6.21. The van der Waals surface area contributed by atoms with Gasteiger partial charge >= 0.3 is 12.0 Å². The standard InChI is InChI=1S/C12H22N2O5/c1-8-5-14(7-12(2,3)19-8)11(17)13-9(6-18-4)10(15)16/h8-9H,5-7H2,1-4H3,(H,13,17)(H,15,16). The van der Waals surface area contributed by atoms with Crippen LogP contribution in [0.1, 0.15) is 20.8 Å². The fraction of sp³-hybridized carbons (Fsp3) is 0.833. The summed E-state index contributed by atoms with van der Waals surface area (Å²) >= 11 is 0. The first-order chi connectivity index (χ1) is 8.75. The largest absolute Gasteiger partial charge is 0.480 e. The number of carboxylic acid groups (broad SMARTS) is 1. The Bertz CT molecular complexity index is 345. The first kappa shape index (κ1) is 15.7. The van der Waals surface area contributed by atoms with Crippen LogP contribution in [0.5, 0.6) is 0 Å². The summed E-state index contributed by atoms with van der Waals surface area (Å²) in [5.74, 6) is -1.12. The Morgan fingerprint density at radius 2 is 2.21 bits per heavy atom. The van der Waals surface area contributed by atoms with E-state index in [9.17, 15) is 9.59 Å². The number of carbonyl (C=O) groups excluding carboxylic acids is 1. The van der Waals surface area contributed by atoms with Crippen molar-refractivity contribution in [2.75, 3.05) is 26.8 Å². The molecule has 7 heteroatoms. The van der Waals surface area contributed by atoms with E-state index in [-0.39, 0.29) is 12.7 Å². The molecule has 0 radical (unpaired) electrons. The number of amides is 2. The minimum atomic E-state index is -1.12. The number of rotatable bonds is 4. The Kier molecular flexibility index (Phi) is 5.13. The van der Waals surface area contributed by atoms with Crippen LogP contribution in [-0.4, -0.2) is 66.6 Å². The van der Waals surface area contributed by atoms with E-state index in [0.29, 0.717) is 13.1 Å². The molecule has 0 bridgehead atoms. The Labute approximate surface area is 112 Å². The van der Waals surface area contributed by atoms with Crippen molar-refractivity contribution in [3.8, 4) is 0 Å². The van der Waals surface area contributed by atoms with Gasteiger partial charge < -0.3 is 24.8 Å². The molecule has 1 aliphatic heterocycles. The van der Waals surface area contributed by atoms with Gasteiger partial charge in [0.15, 0.2) is 6.04 Å². The lowest BCUT2D eigenvalue weighted by atomic mass is 10.1. The normalized spacial score (nSPS) is 23.8. The number of hydrogen-bond donors (Lipinski definition) is 2. The maximum Gasteiger partial charge on any atom is 0.328 e. The van der Waals surface area contributed by atoms with Gasteiger partial charge in [0.1, 0.15) is 0 Å². The number of urea groups is 1. The van der Waals surface area contributed by atoms with Gasteiger partial charge in [0.25, 0.3) is 0 Å². The molecule has 19 heavy (non-hydrogen) atoms. The molecule has 0 aromatic heterocycles. The fourth-order valence-corrected chi connectivity index (χ4v) is 2.19. The van der Waals surface area contributed by atoms with Crippen LogP contribution >= 0.6 is 0 Å². The van der Waals surface area contributed by atoms with Crippen molar-refractivity contribution < 1.29 is 24.2 Å². The maximum atomic E-state index is 12.1. The van der Waals surface area contributed by atoms with Crippen molar-refractivity contribution in [1.29, 1.82) is 0 Å². The molecule has 0 aromatic carbocycles. The highest BCUT2D eigenvalue weighted by molar-refractivity contribution is 5.82. The Hall–Kier alpha value is -1.34. The molecule has 1 fully saturated rings. The van der Waals surface area contributed by atoms with E-state index in [2.05, 4.69) is 5.32 Å². The molecule has 2 amide bonds. The number of aliphatic carboxylic acids is 1. The molecule has 2 atom stereocenters. The van der Waals surface area contributed by atoms with Gasteiger partial charge in [0, 0.05) is 13.7 Å². The number of ether oxygens (including phenoxy) is 2. The molecule has 0 aromatic rings. The van der Waals surface area contributed by atoms with Crippen LogP contribution in [0, 0.1) is 0 Å². The minimum Gasteiger partial charge on any atom is -0.480 e. The van der Waals surface area contributed by atoms with E-state index in [4.69, 9.17) is 14.6 Å². The monoisotopic (exact) mass is 274 g/mol. The van der Waals surface area contributed by atoms with Crippen LogP contribution in [-0.2, 0) is 14.3 Å². The van der Waals surface area contributed by atoms with E-state index >= 15 is 0 Å². The lowest BCUT2D eigenvalue weighted by Crippen LogP contribution is -2.58. The third-order valence-electron chi connectivity index (χ3n) is 2.79. The van der Waals surface area contributed by atoms with Crippen LogP contribution in [0.25, 0.3) is 0 Å². The number of carboxylic acids is 1. The number of carbonyl (C=O) groups is 2. The van der Waals surface area contributed by atoms with Crippen LogP contribution in [0.3, 0.4) is 0 Å². The van der Waals surface area contributed by atoms with Gasteiger partial charge in [0.2, 0.25) is 0 Å². The molecule has 1 saturated heterocycles. The zero-order valence-corrected chi connectivity index (χ0v) is 11.8. The third-order valence-corrected chi connectivity index (χ3v) is 2.79. The molecule has 2 unspecified atom stereocenters. The number of hydrogen-bond acceptors (Lipinski definition) is 4. The SMILES string of the molecule is COCC(NC(=O)N1CC(C)OC(C)(C)C1)C(=O)O. The van der Waals surface area contributed by atoms with Gasteiger partial charge in [-0.2, -0.15) is 0 Å². The zero-order chi connectivity index (χ0) is 14.6. The highest BCUT2D eigenvalue weighted by Crippen LogP contribution is 2.20. The van der Waals surface area contributed by atoms with Crippen LogP contribution < -0.4 is 5.32 Å². The molecular formula is C12H22N2O5. The summed E-state index contributed by atoms with van der Waals surface area (Å²) in [4.78, 5) is 24.6. The fourth-order valence-electron chi connectivity index (χ4n) is 2.19. The Morgan fingerprint density at radius 3 is 2.68 bits per heavy atom. The highest BCUT2D eigenvalue weighted by Gasteiger charge is 2.34. The second-order valence-electron chi connectivity index (χ2n) is 5.36. The zero-order valence-electron chi connectivity index (χ0n) is 11.8. The van der Waals surface area contributed by atoms with Crippen molar-refractivity contribution in [2.24, 2.45) is 0 Å². The van der Waals surface area contributed by atoms with Gasteiger partial charge in [-0.1, -0.05) is 0 Å². The molecule has 0 spiro atoms. The van der Waals surface area contributed by atoms with Gasteiger partial charge in [-0.15, -0.1) is 0 Å².